The van der Waals surface area contributed by atoms with E-state index in [1.807, 2.05) is 30.3 Å². The Balaban J connectivity index is 0.000000208. The lowest BCUT2D eigenvalue weighted by molar-refractivity contribution is 0.0827. The summed E-state index contributed by atoms with van der Waals surface area (Å²) in [6.45, 7) is 3.50. The molecule has 2 aromatic carbocycles. The largest absolute Gasteiger partial charge is 0.383 e. The van der Waals surface area contributed by atoms with Crippen molar-refractivity contribution in [3.05, 3.63) is 70.7 Å². The molecule has 1 saturated heterocycles. The average molecular weight is 532 g/mol. The molecule has 8 nitrogen and oxygen atoms in total. The molecular formula is C26H31F2N5O3S. The summed E-state index contributed by atoms with van der Waals surface area (Å²) in [6, 6.07) is 12.8. The number of benzene rings is 2. The third kappa shape index (κ3) is 7.78. The van der Waals surface area contributed by atoms with Crippen molar-refractivity contribution in [3.63, 3.8) is 0 Å². The first kappa shape index (κ1) is 28.2. The van der Waals surface area contributed by atoms with Gasteiger partial charge < -0.3 is 20.3 Å². The number of aromatic nitrogens is 1. The lowest BCUT2D eigenvalue weighted by atomic mass is 9.98. The molecule has 1 aliphatic rings. The predicted octanol–water partition coefficient (Wildman–Crippen LogP) is 4.40. The zero-order valence-electron chi connectivity index (χ0n) is 21.0. The number of likely N-dealkylation sites (tertiary alicyclic amines) is 1. The highest BCUT2D eigenvalue weighted by Crippen LogP contribution is 2.33. The average Bonchev–Trinajstić information content (AvgIpc) is 3.52. The first-order valence-corrected chi connectivity index (χ1v) is 12.5. The maximum absolute atomic E-state index is 13.1. The Bertz CT molecular complexity index is 1210. The molecule has 0 spiro atoms. The molecule has 2 heterocycles. The van der Waals surface area contributed by atoms with Gasteiger partial charge in [-0.1, -0.05) is 47.7 Å². The lowest BCUT2D eigenvalue weighted by Crippen LogP contribution is -2.24. The topological polar surface area (TPSA) is 101 Å². The third-order valence-corrected chi connectivity index (χ3v) is 6.76. The minimum atomic E-state index is -0.775. The van der Waals surface area contributed by atoms with Gasteiger partial charge in [0.25, 0.3) is 5.91 Å². The number of nitrogens with zero attached hydrogens (tertiary/aromatic N) is 3. The predicted molar refractivity (Wildman–Crippen MR) is 141 cm³/mol. The Hall–Kier alpha value is -3.41. The van der Waals surface area contributed by atoms with Gasteiger partial charge in [0.1, 0.15) is 10.7 Å². The van der Waals surface area contributed by atoms with Gasteiger partial charge in [-0.05, 0) is 36.6 Å². The van der Waals surface area contributed by atoms with Crippen molar-refractivity contribution >= 4 is 28.3 Å². The molecule has 3 amide bonds. The van der Waals surface area contributed by atoms with E-state index in [0.717, 1.165) is 48.5 Å². The molecule has 0 bridgehead atoms. The van der Waals surface area contributed by atoms with Crippen LogP contribution in [0.5, 0.6) is 0 Å². The van der Waals surface area contributed by atoms with E-state index < -0.39 is 17.7 Å². The number of amides is 3. The van der Waals surface area contributed by atoms with Gasteiger partial charge in [-0.3, -0.25) is 10.1 Å². The summed E-state index contributed by atoms with van der Waals surface area (Å²) < 4.78 is 31.0. The fourth-order valence-corrected chi connectivity index (χ4v) is 4.90. The number of thiazole rings is 1. The zero-order chi connectivity index (χ0) is 26.9. The molecule has 37 heavy (non-hydrogen) atoms. The number of hydrogen-bond donors (Lipinski definition) is 2. The van der Waals surface area contributed by atoms with E-state index in [0.29, 0.717) is 28.2 Å². The van der Waals surface area contributed by atoms with Crippen LogP contribution in [-0.2, 0) is 4.74 Å². The van der Waals surface area contributed by atoms with Gasteiger partial charge in [0.2, 0.25) is 0 Å². The van der Waals surface area contributed by atoms with E-state index in [4.69, 9.17) is 10.5 Å². The maximum atomic E-state index is 13.1. The summed E-state index contributed by atoms with van der Waals surface area (Å²) in [5, 5.41) is 3.28. The number of rotatable bonds is 7. The highest BCUT2D eigenvalue weighted by molar-refractivity contribution is 7.18. The molecule has 198 valence electrons. The van der Waals surface area contributed by atoms with Crippen molar-refractivity contribution < 1.29 is 23.1 Å². The number of halogens is 2. The molecule has 0 aliphatic carbocycles. The molecule has 3 aromatic rings. The summed E-state index contributed by atoms with van der Waals surface area (Å²) in [7, 11) is 4.98. The van der Waals surface area contributed by atoms with E-state index in [1.54, 1.807) is 27.3 Å². The Morgan fingerprint density at radius 2 is 1.92 bits per heavy atom. The zero-order valence-corrected chi connectivity index (χ0v) is 21.9. The number of nitrogens with one attached hydrogen (secondary N) is 1. The fraction of sp³-hybridized carbons (Fsp3) is 0.346. The van der Waals surface area contributed by atoms with Crippen LogP contribution in [0.1, 0.15) is 27.7 Å². The molecule has 0 radical (unpaired) electrons. The lowest BCUT2D eigenvalue weighted by Gasteiger charge is -2.15. The molecule has 11 heteroatoms. The highest BCUT2D eigenvalue weighted by atomic mass is 32.1. The van der Waals surface area contributed by atoms with Crippen molar-refractivity contribution in [1.82, 2.24) is 14.8 Å². The van der Waals surface area contributed by atoms with Crippen molar-refractivity contribution in [3.8, 4) is 11.3 Å². The second kappa shape index (κ2) is 13.2. The van der Waals surface area contributed by atoms with Gasteiger partial charge in [-0.25, -0.2) is 18.6 Å². The number of carbonyl (C=O) groups excluding carboxylic acids is 2. The SMILES string of the molecule is CN(C)C(=O)c1nc(-c2ccccc2)c(NC(N)=O)s1.COCCN1CCC(c2ccc(F)c(F)c2)C1. The molecule has 3 N–H and O–H groups in total. The van der Waals surface area contributed by atoms with Crippen molar-refractivity contribution in [2.45, 2.75) is 12.3 Å². The maximum Gasteiger partial charge on any atom is 0.317 e. The van der Waals surface area contributed by atoms with Crippen LogP contribution in [0, 0.1) is 11.6 Å². The van der Waals surface area contributed by atoms with Gasteiger partial charge in [0.15, 0.2) is 16.6 Å². The highest BCUT2D eigenvalue weighted by Gasteiger charge is 2.24. The normalized spacial score (nSPS) is 15.1. The number of carbonyl (C=O) groups is 2. The summed E-state index contributed by atoms with van der Waals surface area (Å²) in [5.74, 6) is -1.44. The van der Waals surface area contributed by atoms with Gasteiger partial charge >= 0.3 is 6.03 Å². The van der Waals surface area contributed by atoms with Crippen LogP contribution in [0.4, 0.5) is 18.6 Å². The molecule has 0 saturated carbocycles. The van der Waals surface area contributed by atoms with Gasteiger partial charge in [-0.2, -0.15) is 0 Å². The van der Waals surface area contributed by atoms with Crippen LogP contribution < -0.4 is 11.1 Å². The van der Waals surface area contributed by atoms with Crippen LogP contribution in [-0.4, -0.2) is 74.2 Å². The smallest absolute Gasteiger partial charge is 0.317 e. The van der Waals surface area contributed by atoms with Gasteiger partial charge in [0, 0.05) is 39.9 Å². The van der Waals surface area contributed by atoms with Gasteiger partial charge in [0.05, 0.1) is 6.61 Å². The van der Waals surface area contributed by atoms with Crippen LogP contribution in [0.2, 0.25) is 0 Å². The third-order valence-electron chi connectivity index (χ3n) is 5.80. The van der Waals surface area contributed by atoms with E-state index in [1.165, 1.54) is 17.0 Å². The summed E-state index contributed by atoms with van der Waals surface area (Å²) in [6.07, 6.45) is 0.995. The molecule has 1 aromatic heterocycles. The van der Waals surface area contributed by atoms with Gasteiger partial charge in [-0.15, -0.1) is 0 Å². The number of methoxy groups -OCH3 is 1. The monoisotopic (exact) mass is 531 g/mol. The molecule has 1 fully saturated rings. The second-order valence-electron chi connectivity index (χ2n) is 8.70. The molecular weight excluding hydrogens is 500 g/mol. The Morgan fingerprint density at radius 3 is 2.54 bits per heavy atom. The summed E-state index contributed by atoms with van der Waals surface area (Å²) in [5.41, 5.74) is 7.39. The molecule has 1 aliphatic heterocycles. The van der Waals surface area contributed by atoms with Crippen molar-refractivity contribution in [2.75, 3.05) is 52.8 Å². The number of anilines is 1. The Kier molecular flexibility index (Phi) is 10.1. The van der Waals surface area contributed by atoms with Crippen molar-refractivity contribution in [2.24, 2.45) is 5.73 Å². The number of nitrogens with two attached hydrogens (primary N) is 1. The quantitative estimate of drug-likeness (QED) is 0.471. The Labute approximate surface area is 219 Å². The minimum absolute atomic E-state index is 0.218. The number of ether oxygens (including phenoxy) is 1. The molecule has 1 atom stereocenters. The molecule has 4 rings (SSSR count). The van der Waals surface area contributed by atoms with E-state index >= 15 is 0 Å². The fourth-order valence-electron chi connectivity index (χ4n) is 3.89. The number of urea groups is 1. The van der Waals surface area contributed by atoms with Crippen LogP contribution in [0.15, 0.2) is 48.5 Å². The van der Waals surface area contributed by atoms with Crippen LogP contribution in [0.3, 0.4) is 0 Å². The van der Waals surface area contributed by atoms with E-state index in [2.05, 4.69) is 15.2 Å². The van der Waals surface area contributed by atoms with E-state index in [-0.39, 0.29) is 5.91 Å². The van der Waals surface area contributed by atoms with Crippen LogP contribution in [0.25, 0.3) is 11.3 Å². The Morgan fingerprint density at radius 1 is 1.19 bits per heavy atom. The molecule has 1 unspecified atom stereocenters. The van der Waals surface area contributed by atoms with Crippen LogP contribution >= 0.6 is 11.3 Å². The standard InChI is InChI=1S/C13H17F2NO.C13H14N4O2S/c1-17-7-6-16-5-4-11(9-16)10-2-3-12(14)13(15)8-10;1-17(2)12(18)11-15-9(8-6-4-3-5-7-8)10(20-11)16-13(14)19/h2-3,8,11H,4-7,9H2,1H3;3-7H,1-2H3,(H3,14,16,19). The minimum Gasteiger partial charge on any atom is -0.383 e. The van der Waals surface area contributed by atoms with E-state index in [9.17, 15) is 18.4 Å². The number of primary amides is 1. The first-order valence-electron chi connectivity index (χ1n) is 11.7. The second-order valence-corrected chi connectivity index (χ2v) is 9.70. The number of hydrogen-bond acceptors (Lipinski definition) is 6. The summed E-state index contributed by atoms with van der Waals surface area (Å²) in [4.78, 5) is 31.0. The van der Waals surface area contributed by atoms with Crippen molar-refractivity contribution in [1.29, 1.82) is 0 Å². The summed E-state index contributed by atoms with van der Waals surface area (Å²) >= 11 is 1.10. The first-order chi connectivity index (χ1) is 17.7.